The summed E-state index contributed by atoms with van der Waals surface area (Å²) in [5.41, 5.74) is 2.34. The number of hydrogen-bond acceptors (Lipinski definition) is 5. The average Bonchev–Trinajstić information content (AvgIpc) is 3.13. The molecule has 2 heterocycles. The van der Waals surface area contributed by atoms with Gasteiger partial charge in [0, 0.05) is 0 Å². The van der Waals surface area contributed by atoms with E-state index in [9.17, 15) is 5.11 Å². The van der Waals surface area contributed by atoms with Crippen LogP contribution in [0.15, 0.2) is 36.4 Å². The number of aliphatic hydroxyl groups excluding tert-OH is 1. The molecule has 28 heavy (non-hydrogen) atoms. The molecular formula is C23H30O5. The largest absolute Gasteiger partial charge is 0.390 e. The summed E-state index contributed by atoms with van der Waals surface area (Å²) >= 11 is 0. The smallest absolute Gasteiger partial charge is 0.190 e. The summed E-state index contributed by atoms with van der Waals surface area (Å²) in [6.07, 6.45) is -0.774. The molecule has 1 N–H and O–H groups in total. The zero-order valence-corrected chi connectivity index (χ0v) is 17.1. The van der Waals surface area contributed by atoms with Crippen LogP contribution in [0.4, 0.5) is 0 Å². The summed E-state index contributed by atoms with van der Waals surface area (Å²) in [6.45, 7) is 8.32. The minimum atomic E-state index is -0.715. The first-order valence-corrected chi connectivity index (χ1v) is 10.2. The molecule has 4 rings (SSSR count). The second kappa shape index (κ2) is 7.73. The van der Waals surface area contributed by atoms with E-state index < -0.39 is 24.3 Å². The summed E-state index contributed by atoms with van der Waals surface area (Å²) in [6, 6.07) is 12.6. The summed E-state index contributed by atoms with van der Waals surface area (Å²) in [7, 11) is 0. The Kier molecular flexibility index (Phi) is 5.47. The topological polar surface area (TPSA) is 57.2 Å². The van der Waals surface area contributed by atoms with Crippen LogP contribution in [0.2, 0.25) is 0 Å². The van der Waals surface area contributed by atoms with Crippen molar-refractivity contribution in [1.29, 1.82) is 0 Å². The van der Waals surface area contributed by atoms with Crippen molar-refractivity contribution < 1.29 is 24.1 Å². The van der Waals surface area contributed by atoms with E-state index in [1.807, 2.05) is 32.9 Å². The maximum absolute atomic E-state index is 10.6. The van der Waals surface area contributed by atoms with Gasteiger partial charge < -0.3 is 24.1 Å². The molecule has 2 aromatic rings. The quantitative estimate of drug-likeness (QED) is 0.811. The molecule has 0 saturated carbocycles. The zero-order valence-electron chi connectivity index (χ0n) is 17.1. The normalized spacial score (nSPS) is 29.9. The lowest BCUT2D eigenvalue weighted by atomic mass is 9.99. The van der Waals surface area contributed by atoms with Crippen molar-refractivity contribution in [2.75, 3.05) is 0 Å². The van der Waals surface area contributed by atoms with Gasteiger partial charge in [-0.2, -0.15) is 0 Å². The summed E-state index contributed by atoms with van der Waals surface area (Å²) in [5.74, 6) is -0.715. The molecule has 2 aliphatic rings. The Hall–Kier alpha value is -1.50. The van der Waals surface area contributed by atoms with E-state index in [0.717, 1.165) is 12.0 Å². The maximum Gasteiger partial charge on any atom is 0.190 e. The molecule has 0 aromatic heterocycles. The van der Waals surface area contributed by atoms with Crippen molar-refractivity contribution in [3.8, 4) is 0 Å². The molecule has 2 fully saturated rings. The highest BCUT2D eigenvalue weighted by Crippen LogP contribution is 2.40. The average molecular weight is 386 g/mol. The van der Waals surface area contributed by atoms with Crippen LogP contribution < -0.4 is 0 Å². The van der Waals surface area contributed by atoms with E-state index in [-0.39, 0.29) is 12.2 Å². The molecular weight excluding hydrogens is 356 g/mol. The molecule has 0 bridgehead atoms. The summed E-state index contributed by atoms with van der Waals surface area (Å²) in [5, 5.41) is 13.0. The van der Waals surface area contributed by atoms with Crippen molar-refractivity contribution in [1.82, 2.24) is 0 Å². The SMILES string of the molecule is CCC[C@@H](O)[C@H]1O[C@@H]2OC(C)(C)O[C@@H]2[C@H]1OCc1c(C)ccc2ccccc12. The molecule has 5 nitrogen and oxygen atoms in total. The lowest BCUT2D eigenvalue weighted by Gasteiger charge is -2.29. The highest BCUT2D eigenvalue weighted by atomic mass is 16.8. The van der Waals surface area contributed by atoms with Gasteiger partial charge in [0.05, 0.1) is 12.7 Å². The second-order valence-corrected chi connectivity index (χ2v) is 8.28. The minimum Gasteiger partial charge on any atom is -0.390 e. The van der Waals surface area contributed by atoms with Gasteiger partial charge in [-0.1, -0.05) is 49.7 Å². The number of aryl methyl sites for hydroxylation is 1. The van der Waals surface area contributed by atoms with Gasteiger partial charge in [-0.3, -0.25) is 0 Å². The highest BCUT2D eigenvalue weighted by Gasteiger charge is 2.56. The molecule has 0 radical (unpaired) electrons. The van der Waals surface area contributed by atoms with Crippen molar-refractivity contribution in [3.63, 3.8) is 0 Å². The third-order valence-corrected chi connectivity index (χ3v) is 5.69. The van der Waals surface area contributed by atoms with Crippen LogP contribution in [0.25, 0.3) is 10.8 Å². The van der Waals surface area contributed by atoms with Crippen molar-refractivity contribution >= 4 is 10.8 Å². The first kappa shape index (κ1) is 19.8. The predicted octanol–water partition coefficient (Wildman–Crippen LogP) is 4.07. The van der Waals surface area contributed by atoms with Crippen LogP contribution >= 0.6 is 0 Å². The van der Waals surface area contributed by atoms with Crippen molar-refractivity contribution in [2.24, 2.45) is 0 Å². The Morgan fingerprint density at radius 1 is 1.14 bits per heavy atom. The van der Waals surface area contributed by atoms with Crippen LogP contribution in [-0.2, 0) is 25.6 Å². The molecule has 5 atom stereocenters. The molecule has 2 aromatic carbocycles. The number of rotatable bonds is 6. The van der Waals surface area contributed by atoms with Gasteiger partial charge in [-0.15, -0.1) is 0 Å². The Balaban J connectivity index is 1.58. The molecule has 0 spiro atoms. The molecule has 152 valence electrons. The standard InChI is InChI=1S/C23H30O5/c1-5-8-18(24)19-20(21-22(26-19)28-23(3,4)27-21)25-13-17-14(2)11-12-15-9-6-7-10-16(15)17/h6-7,9-12,18-22,24H,5,8,13H2,1-4H3/t18-,19-,20+,21-,22-/m1/s1. The van der Waals surface area contributed by atoms with E-state index in [2.05, 4.69) is 31.2 Å². The Morgan fingerprint density at radius 2 is 1.93 bits per heavy atom. The van der Waals surface area contributed by atoms with Gasteiger partial charge >= 0.3 is 0 Å². The number of ether oxygens (including phenoxy) is 4. The van der Waals surface area contributed by atoms with Gasteiger partial charge in [-0.25, -0.2) is 0 Å². The molecule has 2 aliphatic heterocycles. The van der Waals surface area contributed by atoms with Crippen molar-refractivity contribution in [2.45, 2.75) is 83.6 Å². The zero-order chi connectivity index (χ0) is 19.9. The molecule has 0 aliphatic carbocycles. The number of fused-ring (bicyclic) bond motifs is 2. The van der Waals surface area contributed by atoms with Gasteiger partial charge in [-0.05, 0) is 49.1 Å². The third kappa shape index (κ3) is 3.70. The molecule has 2 saturated heterocycles. The van der Waals surface area contributed by atoms with Crippen LogP contribution in [0.1, 0.15) is 44.7 Å². The monoisotopic (exact) mass is 386 g/mol. The Bertz CT molecular complexity index is 833. The minimum absolute atomic E-state index is 0.346. The first-order valence-electron chi connectivity index (χ1n) is 10.2. The summed E-state index contributed by atoms with van der Waals surface area (Å²) in [4.78, 5) is 0. The van der Waals surface area contributed by atoms with Crippen LogP contribution in [0.3, 0.4) is 0 Å². The Morgan fingerprint density at radius 3 is 2.71 bits per heavy atom. The number of aliphatic hydroxyl groups is 1. The molecule has 5 heteroatoms. The maximum atomic E-state index is 10.6. The van der Waals surface area contributed by atoms with E-state index in [0.29, 0.717) is 13.0 Å². The molecule has 0 amide bonds. The molecule has 0 unspecified atom stereocenters. The van der Waals surface area contributed by atoms with E-state index in [1.165, 1.54) is 16.3 Å². The van der Waals surface area contributed by atoms with E-state index in [1.54, 1.807) is 0 Å². The fraction of sp³-hybridized carbons (Fsp3) is 0.565. The fourth-order valence-electron chi connectivity index (χ4n) is 4.28. The van der Waals surface area contributed by atoms with Gasteiger partial charge in [0.2, 0.25) is 0 Å². The second-order valence-electron chi connectivity index (χ2n) is 8.28. The predicted molar refractivity (Wildman–Crippen MR) is 107 cm³/mol. The number of benzene rings is 2. The lowest BCUT2D eigenvalue weighted by molar-refractivity contribution is -0.230. The van der Waals surface area contributed by atoms with Crippen LogP contribution in [0, 0.1) is 6.92 Å². The first-order chi connectivity index (χ1) is 13.4. The summed E-state index contributed by atoms with van der Waals surface area (Å²) < 4.78 is 24.3. The third-order valence-electron chi connectivity index (χ3n) is 5.69. The van der Waals surface area contributed by atoms with Crippen LogP contribution in [0.5, 0.6) is 0 Å². The van der Waals surface area contributed by atoms with E-state index >= 15 is 0 Å². The van der Waals surface area contributed by atoms with E-state index in [4.69, 9.17) is 18.9 Å². The van der Waals surface area contributed by atoms with Gasteiger partial charge in [0.25, 0.3) is 0 Å². The Labute approximate surface area is 166 Å². The van der Waals surface area contributed by atoms with Crippen LogP contribution in [-0.4, -0.2) is 41.6 Å². The fourth-order valence-corrected chi connectivity index (χ4v) is 4.28. The highest BCUT2D eigenvalue weighted by molar-refractivity contribution is 5.86. The number of hydrogen-bond donors (Lipinski definition) is 1. The van der Waals surface area contributed by atoms with Crippen molar-refractivity contribution in [3.05, 3.63) is 47.5 Å². The van der Waals surface area contributed by atoms with Gasteiger partial charge in [0.1, 0.15) is 18.3 Å². The lowest BCUT2D eigenvalue weighted by Crippen LogP contribution is -2.42. The van der Waals surface area contributed by atoms with Gasteiger partial charge in [0.15, 0.2) is 12.1 Å².